The molecule has 0 radical (unpaired) electrons. The molecular formula is C27H34. The zero-order chi connectivity index (χ0) is 19.8. The highest BCUT2D eigenvalue weighted by Gasteiger charge is 2.41. The van der Waals surface area contributed by atoms with Crippen LogP contribution in [0.25, 0.3) is 0 Å². The van der Waals surface area contributed by atoms with E-state index in [0.29, 0.717) is 5.41 Å². The Morgan fingerprint density at radius 2 is 1.74 bits per heavy atom. The van der Waals surface area contributed by atoms with Crippen LogP contribution in [0.3, 0.4) is 0 Å². The minimum Gasteiger partial charge on any atom is -0.0986 e. The van der Waals surface area contributed by atoms with Crippen LogP contribution in [0.1, 0.15) is 68.9 Å². The van der Waals surface area contributed by atoms with Gasteiger partial charge in [-0.05, 0) is 67.7 Å². The molecule has 1 aliphatic rings. The predicted molar refractivity (Wildman–Crippen MR) is 118 cm³/mol. The number of rotatable bonds is 4. The summed E-state index contributed by atoms with van der Waals surface area (Å²) >= 11 is 0. The van der Waals surface area contributed by atoms with Gasteiger partial charge in [0.2, 0.25) is 0 Å². The smallest absolute Gasteiger partial charge is 0.0619 e. The van der Waals surface area contributed by atoms with Crippen molar-refractivity contribution in [2.24, 2.45) is 5.41 Å². The molecular weight excluding hydrogens is 324 g/mol. The molecule has 2 aromatic rings. The van der Waals surface area contributed by atoms with Gasteiger partial charge in [0.1, 0.15) is 0 Å². The Hall–Kier alpha value is -2.08. The van der Waals surface area contributed by atoms with E-state index in [4.69, 9.17) is 0 Å². The summed E-state index contributed by atoms with van der Waals surface area (Å²) in [5, 5.41) is 0. The first kappa shape index (κ1) is 19.7. The summed E-state index contributed by atoms with van der Waals surface area (Å²) in [4.78, 5) is 0. The molecule has 0 nitrogen and oxygen atoms in total. The van der Waals surface area contributed by atoms with Crippen molar-refractivity contribution in [2.45, 2.75) is 66.2 Å². The Morgan fingerprint density at radius 3 is 2.41 bits per heavy atom. The van der Waals surface area contributed by atoms with Crippen LogP contribution < -0.4 is 0 Å². The van der Waals surface area contributed by atoms with Gasteiger partial charge >= 0.3 is 0 Å². The number of hydrogen-bond acceptors (Lipinski definition) is 0. The summed E-state index contributed by atoms with van der Waals surface area (Å²) in [7, 11) is 0. The molecule has 0 spiro atoms. The Labute approximate surface area is 166 Å². The van der Waals surface area contributed by atoms with Crippen molar-refractivity contribution < 1.29 is 0 Å². The van der Waals surface area contributed by atoms with Crippen molar-refractivity contribution >= 4 is 0 Å². The summed E-state index contributed by atoms with van der Waals surface area (Å²) in [6.07, 6.45) is 5.70. The maximum atomic E-state index is 4.52. The molecule has 27 heavy (non-hydrogen) atoms. The lowest BCUT2D eigenvalue weighted by Crippen LogP contribution is -2.35. The van der Waals surface area contributed by atoms with E-state index in [0.717, 1.165) is 12.8 Å². The van der Waals surface area contributed by atoms with E-state index in [1.807, 2.05) is 0 Å². The molecule has 3 rings (SSSR count). The van der Waals surface area contributed by atoms with Crippen LogP contribution in [-0.4, -0.2) is 0 Å². The first-order valence-corrected chi connectivity index (χ1v) is 10.2. The molecule has 142 valence electrons. The summed E-state index contributed by atoms with van der Waals surface area (Å²) in [6, 6.07) is 16.0. The van der Waals surface area contributed by atoms with Gasteiger partial charge in [0.05, 0.1) is 5.41 Å². The van der Waals surface area contributed by atoms with Crippen molar-refractivity contribution in [1.29, 1.82) is 0 Å². The third-order valence-electron chi connectivity index (χ3n) is 6.09. The zero-order valence-electron chi connectivity index (χ0n) is 17.9. The maximum absolute atomic E-state index is 4.52. The Kier molecular flexibility index (Phi) is 5.21. The molecule has 0 amide bonds. The van der Waals surface area contributed by atoms with E-state index in [2.05, 4.69) is 96.7 Å². The third-order valence-corrected chi connectivity index (χ3v) is 6.09. The van der Waals surface area contributed by atoms with Gasteiger partial charge in [-0.2, -0.15) is 0 Å². The molecule has 0 aromatic heterocycles. The quantitative estimate of drug-likeness (QED) is 0.502. The van der Waals surface area contributed by atoms with Gasteiger partial charge in [0.25, 0.3) is 0 Å². The number of fused-ring (bicyclic) bond motifs is 1. The molecule has 0 N–H and O–H groups in total. The van der Waals surface area contributed by atoms with Gasteiger partial charge in [0, 0.05) is 0 Å². The van der Waals surface area contributed by atoms with E-state index in [1.54, 1.807) is 0 Å². The van der Waals surface area contributed by atoms with Crippen LogP contribution in [0.2, 0.25) is 0 Å². The van der Waals surface area contributed by atoms with E-state index in [-0.39, 0.29) is 5.41 Å². The second-order valence-corrected chi connectivity index (χ2v) is 9.50. The van der Waals surface area contributed by atoms with Gasteiger partial charge in [-0.1, -0.05) is 92.6 Å². The topological polar surface area (TPSA) is 0 Å². The largest absolute Gasteiger partial charge is 0.0986 e. The fourth-order valence-electron chi connectivity index (χ4n) is 4.61. The van der Waals surface area contributed by atoms with Crippen molar-refractivity contribution in [3.8, 4) is 0 Å². The maximum Gasteiger partial charge on any atom is 0.0619 e. The molecule has 0 saturated heterocycles. The van der Waals surface area contributed by atoms with Gasteiger partial charge in [-0.25, -0.2) is 0 Å². The highest BCUT2D eigenvalue weighted by atomic mass is 14.4. The number of allylic oxidation sites excluding steroid dienone is 3. The molecule has 0 heteroatoms. The number of hydrogen-bond donors (Lipinski definition) is 0. The highest BCUT2D eigenvalue weighted by Crippen LogP contribution is 2.49. The van der Waals surface area contributed by atoms with Gasteiger partial charge < -0.3 is 0 Å². The second-order valence-electron chi connectivity index (χ2n) is 9.50. The van der Waals surface area contributed by atoms with Gasteiger partial charge in [-0.15, -0.1) is 0 Å². The average Bonchev–Trinajstić information content (AvgIpc) is 2.59. The fraction of sp³-hybridized carbons (Fsp3) is 0.407. The van der Waals surface area contributed by atoms with E-state index in [9.17, 15) is 0 Å². The molecule has 0 fully saturated rings. The van der Waals surface area contributed by atoms with Crippen molar-refractivity contribution in [3.63, 3.8) is 0 Å². The monoisotopic (exact) mass is 358 g/mol. The van der Waals surface area contributed by atoms with Gasteiger partial charge in [0.15, 0.2) is 0 Å². The molecule has 0 saturated carbocycles. The SMILES string of the molecule is C=C(C)C1(c2ccccc2CCC(C)(C)C)C(C)=CCc2ccc(C)cc21. The first-order chi connectivity index (χ1) is 12.7. The molecule has 1 unspecified atom stereocenters. The van der Waals surface area contributed by atoms with Crippen LogP contribution >= 0.6 is 0 Å². The van der Waals surface area contributed by atoms with Crippen LogP contribution in [0.15, 0.2) is 66.3 Å². The third kappa shape index (κ3) is 3.55. The zero-order valence-corrected chi connectivity index (χ0v) is 17.9. The lowest BCUT2D eigenvalue weighted by atomic mass is 9.60. The summed E-state index contributed by atoms with van der Waals surface area (Å²) in [5.41, 5.74) is 9.80. The van der Waals surface area contributed by atoms with Gasteiger partial charge in [-0.3, -0.25) is 0 Å². The standard InChI is InChI=1S/C27H34/c1-19(2)27(21(4)13-15-23-14-12-20(3)18-25(23)27)24-11-9-8-10-22(24)16-17-26(5,6)7/h8-14,18H,1,15-17H2,2-7H3. The summed E-state index contributed by atoms with van der Waals surface area (Å²) < 4.78 is 0. The molecule has 0 bridgehead atoms. The highest BCUT2D eigenvalue weighted by molar-refractivity contribution is 5.63. The lowest BCUT2D eigenvalue weighted by Gasteiger charge is -2.42. The molecule has 0 heterocycles. The van der Waals surface area contributed by atoms with E-state index in [1.165, 1.54) is 45.4 Å². The first-order valence-electron chi connectivity index (χ1n) is 10.2. The van der Waals surface area contributed by atoms with Crippen LogP contribution in [-0.2, 0) is 18.3 Å². The minimum atomic E-state index is -0.214. The average molecular weight is 359 g/mol. The molecule has 2 aromatic carbocycles. The predicted octanol–water partition coefficient (Wildman–Crippen LogP) is 7.34. The van der Waals surface area contributed by atoms with E-state index >= 15 is 0 Å². The Morgan fingerprint density at radius 1 is 1.04 bits per heavy atom. The van der Waals surface area contributed by atoms with E-state index < -0.39 is 0 Å². The van der Waals surface area contributed by atoms with Crippen LogP contribution in [0, 0.1) is 12.3 Å². The van der Waals surface area contributed by atoms with Crippen LogP contribution in [0.5, 0.6) is 0 Å². The van der Waals surface area contributed by atoms with Crippen LogP contribution in [0.4, 0.5) is 0 Å². The number of benzene rings is 2. The molecule has 0 aliphatic heterocycles. The fourth-order valence-corrected chi connectivity index (χ4v) is 4.61. The summed E-state index contributed by atoms with van der Waals surface area (Å²) in [5.74, 6) is 0. The van der Waals surface area contributed by atoms with Crippen molar-refractivity contribution in [2.75, 3.05) is 0 Å². The Bertz CT molecular complexity index is 888. The summed E-state index contributed by atoms with van der Waals surface area (Å²) in [6.45, 7) is 18.2. The Balaban J connectivity index is 2.26. The van der Waals surface area contributed by atoms with Crippen molar-refractivity contribution in [3.05, 3.63) is 94.1 Å². The second kappa shape index (κ2) is 7.15. The molecule has 1 aliphatic carbocycles. The minimum absolute atomic E-state index is 0.214. The molecule has 1 atom stereocenters. The lowest BCUT2D eigenvalue weighted by molar-refractivity contribution is 0.377. The number of aryl methyl sites for hydroxylation is 2. The normalized spacial score (nSPS) is 19.4. The van der Waals surface area contributed by atoms with Crippen molar-refractivity contribution in [1.82, 2.24) is 0 Å².